The maximum Gasteiger partial charge on any atom is 0.223 e. The van der Waals surface area contributed by atoms with Gasteiger partial charge >= 0.3 is 0 Å². The van der Waals surface area contributed by atoms with E-state index in [0.29, 0.717) is 23.9 Å². The number of hydrogen-bond acceptors (Lipinski definition) is 2. The molecule has 1 amide bonds. The molecule has 106 valence electrons. The first-order valence-electron chi connectivity index (χ1n) is 7.92. The van der Waals surface area contributed by atoms with Gasteiger partial charge in [0.1, 0.15) is 0 Å². The van der Waals surface area contributed by atoms with E-state index in [2.05, 4.69) is 29.0 Å². The normalized spacial score (nSPS) is 35.4. The summed E-state index contributed by atoms with van der Waals surface area (Å²) in [6, 6.07) is 1.11. The maximum absolute atomic E-state index is 12.5. The Hall–Kier alpha value is -0.830. The fourth-order valence-corrected chi connectivity index (χ4v) is 4.13. The van der Waals surface area contributed by atoms with Crippen LogP contribution in [0.4, 0.5) is 0 Å². The summed E-state index contributed by atoms with van der Waals surface area (Å²) in [5.74, 6) is 0.911. The van der Waals surface area contributed by atoms with Crippen LogP contribution in [0.15, 0.2) is 12.2 Å². The Kier molecular flexibility index (Phi) is 3.92. The lowest BCUT2D eigenvalue weighted by molar-refractivity contribution is -0.133. The molecular formula is C16H26N2O. The van der Waals surface area contributed by atoms with Crippen molar-refractivity contribution in [2.75, 3.05) is 20.1 Å². The van der Waals surface area contributed by atoms with E-state index in [1.165, 1.54) is 38.6 Å². The van der Waals surface area contributed by atoms with E-state index >= 15 is 0 Å². The molecule has 0 aromatic carbocycles. The molecule has 3 aliphatic rings. The molecule has 2 fully saturated rings. The fraction of sp³-hybridized carbons (Fsp3) is 0.812. The molecule has 3 unspecified atom stereocenters. The van der Waals surface area contributed by atoms with Crippen LogP contribution in [0.2, 0.25) is 0 Å². The molecule has 0 aromatic rings. The first-order valence-corrected chi connectivity index (χ1v) is 7.92. The molecule has 0 bridgehead atoms. The van der Waals surface area contributed by atoms with Crippen molar-refractivity contribution < 1.29 is 4.79 Å². The van der Waals surface area contributed by atoms with Crippen LogP contribution in [0, 0.1) is 5.92 Å². The van der Waals surface area contributed by atoms with Crippen LogP contribution in [0.25, 0.3) is 0 Å². The standard InChI is InChI=1S/C16H26N2O/c1-17-10-4-8-14(17)15-9-5-11-18(15)16(19)12-13-6-2-3-7-13/h2,6,13-15H,3-5,7-12H2,1H3. The summed E-state index contributed by atoms with van der Waals surface area (Å²) in [6.07, 6.45) is 12.5. The Morgan fingerprint density at radius 3 is 2.63 bits per heavy atom. The number of likely N-dealkylation sites (N-methyl/N-ethyl adjacent to an activating group) is 1. The van der Waals surface area contributed by atoms with Gasteiger partial charge in [0.15, 0.2) is 0 Å². The van der Waals surface area contributed by atoms with Crippen molar-refractivity contribution in [3.05, 3.63) is 12.2 Å². The lowest BCUT2D eigenvalue weighted by Gasteiger charge is -2.33. The Balaban J connectivity index is 1.61. The second kappa shape index (κ2) is 5.66. The van der Waals surface area contributed by atoms with Gasteiger partial charge in [0.05, 0.1) is 0 Å². The lowest BCUT2D eigenvalue weighted by atomic mass is 10.0. The van der Waals surface area contributed by atoms with Crippen LogP contribution in [0.3, 0.4) is 0 Å². The molecule has 0 aromatic heterocycles. The van der Waals surface area contributed by atoms with Crippen molar-refractivity contribution in [1.82, 2.24) is 9.80 Å². The smallest absolute Gasteiger partial charge is 0.223 e. The molecule has 2 saturated heterocycles. The van der Waals surface area contributed by atoms with Gasteiger partial charge in [0.2, 0.25) is 5.91 Å². The maximum atomic E-state index is 12.5. The average molecular weight is 262 g/mol. The van der Waals surface area contributed by atoms with Gasteiger partial charge in [-0.25, -0.2) is 0 Å². The van der Waals surface area contributed by atoms with E-state index in [1.807, 2.05) is 0 Å². The van der Waals surface area contributed by atoms with Gasteiger partial charge in [-0.3, -0.25) is 4.79 Å². The molecule has 0 saturated carbocycles. The predicted molar refractivity (Wildman–Crippen MR) is 76.9 cm³/mol. The highest BCUT2D eigenvalue weighted by Crippen LogP contribution is 2.31. The number of hydrogen-bond donors (Lipinski definition) is 0. The van der Waals surface area contributed by atoms with Gasteiger partial charge < -0.3 is 9.80 Å². The minimum atomic E-state index is 0.402. The molecule has 3 atom stereocenters. The lowest BCUT2D eigenvalue weighted by Crippen LogP contribution is -2.47. The van der Waals surface area contributed by atoms with Crippen molar-refractivity contribution in [1.29, 1.82) is 0 Å². The molecule has 0 radical (unpaired) electrons. The van der Waals surface area contributed by atoms with E-state index in [4.69, 9.17) is 0 Å². The zero-order valence-corrected chi connectivity index (χ0v) is 12.1. The summed E-state index contributed by atoms with van der Waals surface area (Å²) < 4.78 is 0. The Morgan fingerprint density at radius 1 is 1.16 bits per heavy atom. The highest BCUT2D eigenvalue weighted by Gasteiger charge is 2.38. The Bertz CT molecular complexity index is 366. The van der Waals surface area contributed by atoms with Crippen LogP contribution in [0.5, 0.6) is 0 Å². The van der Waals surface area contributed by atoms with Crippen molar-refractivity contribution in [3.63, 3.8) is 0 Å². The average Bonchev–Trinajstić information content (AvgIpc) is 3.07. The minimum absolute atomic E-state index is 0.402. The number of likely N-dealkylation sites (tertiary alicyclic amines) is 2. The summed E-state index contributed by atoms with van der Waals surface area (Å²) >= 11 is 0. The van der Waals surface area contributed by atoms with Gasteiger partial charge in [0, 0.05) is 25.0 Å². The Morgan fingerprint density at radius 2 is 1.95 bits per heavy atom. The third-order valence-electron chi connectivity index (χ3n) is 5.19. The summed E-state index contributed by atoms with van der Waals surface area (Å²) in [7, 11) is 2.22. The number of carbonyl (C=O) groups is 1. The van der Waals surface area contributed by atoms with Gasteiger partial charge in [-0.05, 0) is 58.0 Å². The van der Waals surface area contributed by atoms with Crippen molar-refractivity contribution in [2.24, 2.45) is 5.92 Å². The van der Waals surface area contributed by atoms with E-state index in [0.717, 1.165) is 19.4 Å². The summed E-state index contributed by atoms with van der Waals surface area (Å²) in [5.41, 5.74) is 0. The summed E-state index contributed by atoms with van der Waals surface area (Å²) in [4.78, 5) is 17.2. The third kappa shape index (κ3) is 2.71. The monoisotopic (exact) mass is 262 g/mol. The number of rotatable bonds is 3. The number of carbonyl (C=O) groups excluding carboxylic acids is 1. The highest BCUT2D eigenvalue weighted by molar-refractivity contribution is 5.77. The van der Waals surface area contributed by atoms with E-state index in [9.17, 15) is 4.79 Å². The first kappa shape index (κ1) is 13.2. The topological polar surface area (TPSA) is 23.6 Å². The van der Waals surface area contributed by atoms with Gasteiger partial charge in [0.25, 0.3) is 0 Å². The molecule has 2 aliphatic heterocycles. The minimum Gasteiger partial charge on any atom is -0.338 e. The second-order valence-electron chi connectivity index (χ2n) is 6.46. The number of amides is 1. The summed E-state index contributed by atoms with van der Waals surface area (Å²) in [6.45, 7) is 2.19. The van der Waals surface area contributed by atoms with Crippen LogP contribution in [0.1, 0.15) is 44.9 Å². The number of nitrogens with zero attached hydrogens (tertiary/aromatic N) is 2. The van der Waals surface area contributed by atoms with E-state index in [1.54, 1.807) is 0 Å². The molecule has 0 N–H and O–H groups in total. The predicted octanol–water partition coefficient (Wildman–Crippen LogP) is 2.43. The van der Waals surface area contributed by atoms with Crippen LogP contribution in [-0.4, -0.2) is 47.9 Å². The molecule has 1 aliphatic carbocycles. The molecule has 3 nitrogen and oxygen atoms in total. The zero-order valence-electron chi connectivity index (χ0n) is 12.1. The molecule has 2 heterocycles. The molecule has 3 rings (SSSR count). The van der Waals surface area contributed by atoms with Crippen LogP contribution < -0.4 is 0 Å². The highest BCUT2D eigenvalue weighted by atomic mass is 16.2. The number of allylic oxidation sites excluding steroid dienone is 2. The van der Waals surface area contributed by atoms with Gasteiger partial charge in [-0.15, -0.1) is 0 Å². The largest absolute Gasteiger partial charge is 0.338 e. The first-order chi connectivity index (χ1) is 9.25. The SMILES string of the molecule is CN1CCCC1C1CCCN1C(=O)CC1C=CCC1. The van der Waals surface area contributed by atoms with Crippen molar-refractivity contribution in [3.8, 4) is 0 Å². The quantitative estimate of drug-likeness (QED) is 0.729. The summed E-state index contributed by atoms with van der Waals surface area (Å²) in [5, 5.41) is 0. The van der Waals surface area contributed by atoms with Crippen LogP contribution >= 0.6 is 0 Å². The molecule has 0 spiro atoms. The van der Waals surface area contributed by atoms with E-state index < -0.39 is 0 Å². The van der Waals surface area contributed by atoms with Crippen molar-refractivity contribution in [2.45, 2.75) is 57.0 Å². The zero-order chi connectivity index (χ0) is 13.2. The van der Waals surface area contributed by atoms with Crippen LogP contribution in [-0.2, 0) is 4.79 Å². The molecule has 3 heteroatoms. The van der Waals surface area contributed by atoms with Gasteiger partial charge in [-0.1, -0.05) is 12.2 Å². The van der Waals surface area contributed by atoms with Gasteiger partial charge in [-0.2, -0.15) is 0 Å². The third-order valence-corrected chi connectivity index (χ3v) is 5.19. The fourth-order valence-electron chi connectivity index (χ4n) is 4.13. The van der Waals surface area contributed by atoms with Crippen molar-refractivity contribution >= 4 is 5.91 Å². The Labute approximate surface area is 116 Å². The second-order valence-corrected chi connectivity index (χ2v) is 6.46. The molecular weight excluding hydrogens is 236 g/mol. The molecule has 19 heavy (non-hydrogen) atoms. The van der Waals surface area contributed by atoms with E-state index in [-0.39, 0.29) is 0 Å².